The zero-order valence-electron chi connectivity index (χ0n) is 13.2. The first-order valence-electron chi connectivity index (χ1n) is 7.07. The molecule has 0 aliphatic heterocycles. The normalized spacial score (nSPS) is 11.4. The summed E-state index contributed by atoms with van der Waals surface area (Å²) in [7, 11) is 0. The highest BCUT2D eigenvalue weighted by Gasteiger charge is 2.14. The number of rotatable bonds is 3. The molecule has 0 aliphatic rings. The first kappa shape index (κ1) is 17.3. The number of aryl methyl sites for hydroxylation is 2. The monoisotopic (exact) mass is 422 g/mol. The Kier molecular flexibility index (Phi) is 4.69. The van der Waals surface area contributed by atoms with Gasteiger partial charge in [-0.15, -0.1) is 5.10 Å². The quantitative estimate of drug-likeness (QED) is 0.498. The molecule has 2 N–H and O–H groups in total. The van der Waals surface area contributed by atoms with Crippen molar-refractivity contribution in [2.75, 3.05) is 0 Å². The second kappa shape index (κ2) is 6.77. The van der Waals surface area contributed by atoms with Gasteiger partial charge in [-0.05, 0) is 48.0 Å². The highest BCUT2D eigenvalue weighted by atomic mass is 79.9. The van der Waals surface area contributed by atoms with E-state index >= 15 is 0 Å². The molecule has 0 aliphatic carbocycles. The molecule has 8 nitrogen and oxygen atoms in total. The van der Waals surface area contributed by atoms with Crippen LogP contribution in [0, 0.1) is 13.8 Å². The highest BCUT2D eigenvalue weighted by molar-refractivity contribution is 9.10. The third kappa shape index (κ3) is 3.62. The second-order valence-electron chi connectivity index (χ2n) is 5.21. The lowest BCUT2D eigenvalue weighted by molar-refractivity contribution is 0.0945. The Balaban J connectivity index is 1.80. The highest BCUT2D eigenvalue weighted by Crippen LogP contribution is 2.30. The largest absolute Gasteiger partial charge is 0.506 e. The van der Waals surface area contributed by atoms with E-state index in [9.17, 15) is 9.90 Å². The van der Waals surface area contributed by atoms with Crippen LogP contribution in [0.1, 0.15) is 27.6 Å². The van der Waals surface area contributed by atoms with Gasteiger partial charge in [-0.2, -0.15) is 10.1 Å². The number of hydrogen-bond donors (Lipinski definition) is 2. The number of phenols is 1. The van der Waals surface area contributed by atoms with Crippen LogP contribution in [0.25, 0.3) is 5.78 Å². The van der Waals surface area contributed by atoms with E-state index in [2.05, 4.69) is 41.5 Å². The molecular weight excluding hydrogens is 412 g/mol. The van der Waals surface area contributed by atoms with Crippen molar-refractivity contribution >= 4 is 45.4 Å². The van der Waals surface area contributed by atoms with E-state index in [0.29, 0.717) is 20.8 Å². The Hall–Kier alpha value is -2.52. The summed E-state index contributed by atoms with van der Waals surface area (Å²) in [6, 6.07) is 4.89. The predicted molar refractivity (Wildman–Crippen MR) is 96.1 cm³/mol. The molecule has 0 radical (unpaired) electrons. The van der Waals surface area contributed by atoms with Gasteiger partial charge in [0.05, 0.1) is 10.7 Å². The van der Waals surface area contributed by atoms with E-state index < -0.39 is 5.91 Å². The summed E-state index contributed by atoms with van der Waals surface area (Å²) >= 11 is 9.09. The van der Waals surface area contributed by atoms with Gasteiger partial charge in [-0.25, -0.2) is 14.9 Å². The van der Waals surface area contributed by atoms with E-state index in [1.54, 1.807) is 6.07 Å². The molecule has 0 fully saturated rings. The molecule has 2 heterocycles. The molecule has 128 valence electrons. The van der Waals surface area contributed by atoms with Crippen LogP contribution >= 0.6 is 27.5 Å². The molecule has 10 heteroatoms. The lowest BCUT2D eigenvalue weighted by atomic mass is 10.2. The number of halogens is 2. The number of nitrogens with zero attached hydrogens (tertiary/aromatic N) is 5. The van der Waals surface area contributed by atoms with Crippen LogP contribution in [0.5, 0.6) is 5.75 Å². The number of carbonyl (C=O) groups excluding carboxylic acids is 1. The zero-order valence-corrected chi connectivity index (χ0v) is 15.5. The number of carbonyl (C=O) groups is 1. The fourth-order valence-corrected chi connectivity index (χ4v) is 2.99. The number of hydrogen-bond acceptors (Lipinski definition) is 6. The number of hydrazone groups is 1. The number of benzene rings is 1. The van der Waals surface area contributed by atoms with Gasteiger partial charge in [0.15, 0.2) is 0 Å². The Morgan fingerprint density at radius 2 is 2.12 bits per heavy atom. The molecule has 25 heavy (non-hydrogen) atoms. The Morgan fingerprint density at radius 3 is 2.88 bits per heavy atom. The number of aromatic nitrogens is 4. The first-order chi connectivity index (χ1) is 11.8. The molecular formula is C15H12BrClN6O2. The Morgan fingerprint density at radius 1 is 1.36 bits per heavy atom. The van der Waals surface area contributed by atoms with Crippen LogP contribution in [0.3, 0.4) is 0 Å². The van der Waals surface area contributed by atoms with Crippen molar-refractivity contribution in [3.63, 3.8) is 0 Å². The fraction of sp³-hybridized carbons (Fsp3) is 0.133. The van der Waals surface area contributed by atoms with Crippen molar-refractivity contribution in [3.8, 4) is 5.75 Å². The number of fused-ring (bicyclic) bond motifs is 1. The van der Waals surface area contributed by atoms with Crippen LogP contribution in [-0.4, -0.2) is 36.8 Å². The minimum Gasteiger partial charge on any atom is -0.506 e. The van der Waals surface area contributed by atoms with Gasteiger partial charge in [0.25, 0.3) is 5.78 Å². The Labute approximate surface area is 155 Å². The molecule has 1 amide bonds. The molecule has 0 spiro atoms. The lowest BCUT2D eigenvalue weighted by Crippen LogP contribution is -2.19. The van der Waals surface area contributed by atoms with Crippen LogP contribution in [0.4, 0.5) is 0 Å². The third-order valence-corrected chi connectivity index (χ3v) is 4.07. The maximum Gasteiger partial charge on any atom is 0.311 e. The summed E-state index contributed by atoms with van der Waals surface area (Å²) in [5, 5.41) is 18.2. The number of nitrogens with one attached hydrogen (secondary N) is 1. The van der Waals surface area contributed by atoms with E-state index in [0.717, 1.165) is 11.4 Å². The molecule has 1 aromatic carbocycles. The van der Waals surface area contributed by atoms with Crippen molar-refractivity contribution in [3.05, 3.63) is 50.5 Å². The summed E-state index contributed by atoms with van der Waals surface area (Å²) in [5.74, 6) is -0.360. The third-order valence-electron chi connectivity index (χ3n) is 3.25. The van der Waals surface area contributed by atoms with Crippen molar-refractivity contribution in [2.24, 2.45) is 5.10 Å². The van der Waals surface area contributed by atoms with Crippen molar-refractivity contribution in [2.45, 2.75) is 13.8 Å². The van der Waals surface area contributed by atoms with Gasteiger partial charge in [0, 0.05) is 22.0 Å². The summed E-state index contributed by atoms with van der Waals surface area (Å²) in [4.78, 5) is 20.4. The van der Waals surface area contributed by atoms with Gasteiger partial charge in [-0.3, -0.25) is 4.79 Å². The van der Waals surface area contributed by atoms with Gasteiger partial charge >= 0.3 is 5.91 Å². The molecule has 0 bridgehead atoms. The van der Waals surface area contributed by atoms with Crippen LogP contribution in [0.2, 0.25) is 5.02 Å². The maximum atomic E-state index is 12.1. The topological polar surface area (TPSA) is 105 Å². The minimum atomic E-state index is -0.598. The average molecular weight is 424 g/mol. The smallest absolute Gasteiger partial charge is 0.311 e. The molecule has 3 aromatic rings. The predicted octanol–water partition coefficient (Wildman–Crippen LogP) is 2.63. The number of phenolic OH excluding ortho intramolecular Hbond substituents is 1. The van der Waals surface area contributed by atoms with Crippen LogP contribution in [0.15, 0.2) is 27.8 Å². The van der Waals surface area contributed by atoms with Gasteiger partial charge in [0.1, 0.15) is 5.75 Å². The molecule has 3 rings (SSSR count). The summed E-state index contributed by atoms with van der Waals surface area (Å²) in [6.07, 6.45) is 1.27. The lowest BCUT2D eigenvalue weighted by Gasteiger charge is -2.02. The minimum absolute atomic E-state index is 0.0384. The van der Waals surface area contributed by atoms with Crippen LogP contribution in [-0.2, 0) is 0 Å². The SMILES string of the molecule is Cc1cc(C)n2nc(C(=O)NN=Cc3cc(Cl)cc(Br)c3O)nc2n1. The summed E-state index contributed by atoms with van der Waals surface area (Å²) in [6.45, 7) is 3.68. The maximum absolute atomic E-state index is 12.1. The summed E-state index contributed by atoms with van der Waals surface area (Å²) < 4.78 is 1.90. The molecule has 0 saturated heterocycles. The second-order valence-corrected chi connectivity index (χ2v) is 6.50. The first-order valence-corrected chi connectivity index (χ1v) is 8.24. The van der Waals surface area contributed by atoms with E-state index in [4.69, 9.17) is 11.6 Å². The van der Waals surface area contributed by atoms with Crippen molar-refractivity contribution < 1.29 is 9.90 Å². The van der Waals surface area contributed by atoms with Crippen LogP contribution < -0.4 is 5.43 Å². The standard InChI is InChI=1S/C15H12BrClN6O2/c1-7-3-8(2)23-15(19-7)20-13(22-23)14(25)21-18-6-9-4-10(17)5-11(16)12(9)24/h3-6,24H,1-2H3,(H,21,25). The summed E-state index contributed by atoms with van der Waals surface area (Å²) in [5.41, 5.74) is 4.24. The Bertz CT molecular complexity index is 1020. The van der Waals surface area contributed by atoms with Crippen molar-refractivity contribution in [1.82, 2.24) is 25.0 Å². The zero-order chi connectivity index (χ0) is 18.1. The molecule has 2 aromatic heterocycles. The molecule has 0 atom stereocenters. The van der Waals surface area contributed by atoms with E-state index in [1.807, 2.05) is 19.9 Å². The fourth-order valence-electron chi connectivity index (χ4n) is 2.16. The average Bonchev–Trinajstić information content (AvgIpc) is 2.96. The van der Waals surface area contributed by atoms with Crippen molar-refractivity contribution in [1.29, 1.82) is 0 Å². The van der Waals surface area contributed by atoms with E-state index in [1.165, 1.54) is 16.8 Å². The van der Waals surface area contributed by atoms with Gasteiger partial charge < -0.3 is 5.11 Å². The molecule has 0 saturated carbocycles. The molecule has 0 unspecified atom stereocenters. The van der Waals surface area contributed by atoms with Gasteiger partial charge in [0.2, 0.25) is 5.82 Å². The number of amides is 1. The number of aromatic hydroxyl groups is 1. The van der Waals surface area contributed by atoms with Gasteiger partial charge in [-0.1, -0.05) is 11.6 Å². The van der Waals surface area contributed by atoms with E-state index in [-0.39, 0.29) is 11.6 Å².